The van der Waals surface area contributed by atoms with E-state index >= 15 is 0 Å². The lowest BCUT2D eigenvalue weighted by atomic mass is 9.94. The summed E-state index contributed by atoms with van der Waals surface area (Å²) in [6, 6.07) is 4.06. The first-order chi connectivity index (χ1) is 7.37. The van der Waals surface area contributed by atoms with E-state index in [1.807, 2.05) is 26.8 Å². The van der Waals surface area contributed by atoms with Crippen LogP contribution in [0.3, 0.4) is 0 Å². The predicted octanol–water partition coefficient (Wildman–Crippen LogP) is 2.29. The van der Waals surface area contributed by atoms with Crippen LogP contribution in [0.4, 0.5) is 0 Å². The molecule has 0 aliphatic rings. The second kappa shape index (κ2) is 4.74. The van der Waals surface area contributed by atoms with Crippen LogP contribution in [-0.2, 0) is 6.42 Å². The van der Waals surface area contributed by atoms with E-state index in [2.05, 4.69) is 6.07 Å². The normalized spacial score (nSPS) is 11.4. The van der Waals surface area contributed by atoms with Gasteiger partial charge in [0.25, 0.3) is 0 Å². The number of hydrogen-bond donors (Lipinski definition) is 1. The Labute approximate surface area is 97.6 Å². The third kappa shape index (κ3) is 3.14. The molecule has 1 aromatic carbocycles. The smallest absolute Gasteiger partial charge is 0.163 e. The van der Waals surface area contributed by atoms with E-state index in [1.165, 1.54) is 0 Å². The molecule has 0 saturated carbocycles. The quantitative estimate of drug-likeness (QED) is 0.851. The molecule has 0 unspecified atom stereocenters. The van der Waals surface area contributed by atoms with Crippen LogP contribution in [0.5, 0.6) is 11.5 Å². The van der Waals surface area contributed by atoms with Crippen LogP contribution in [-0.4, -0.2) is 19.8 Å². The van der Waals surface area contributed by atoms with Gasteiger partial charge in [-0.3, -0.25) is 0 Å². The van der Waals surface area contributed by atoms with Crippen molar-refractivity contribution >= 4 is 0 Å². The summed E-state index contributed by atoms with van der Waals surface area (Å²) >= 11 is 0. The monoisotopic (exact) mass is 223 g/mol. The largest absolute Gasteiger partial charge is 0.493 e. The average Bonchev–Trinajstić information content (AvgIpc) is 2.14. The standard InChI is InChI=1S/C13H21NO2/c1-9-6-10(8-13(2,3)14)12(16-5)11(7-9)15-4/h6-7H,8,14H2,1-5H3. The Kier molecular flexibility index (Phi) is 3.81. The number of rotatable bonds is 4. The van der Waals surface area contributed by atoms with Gasteiger partial charge >= 0.3 is 0 Å². The lowest BCUT2D eigenvalue weighted by Gasteiger charge is -2.21. The molecule has 0 heterocycles. The minimum atomic E-state index is -0.258. The first kappa shape index (κ1) is 12.8. The van der Waals surface area contributed by atoms with Crippen molar-refractivity contribution in [2.75, 3.05) is 14.2 Å². The molecule has 0 saturated heterocycles. The molecule has 0 fully saturated rings. The fourth-order valence-electron chi connectivity index (χ4n) is 1.82. The number of methoxy groups -OCH3 is 2. The maximum Gasteiger partial charge on any atom is 0.163 e. The van der Waals surface area contributed by atoms with Crippen molar-refractivity contribution in [3.8, 4) is 11.5 Å². The summed E-state index contributed by atoms with van der Waals surface area (Å²) in [5.41, 5.74) is 8.02. The molecular formula is C13H21NO2. The van der Waals surface area contributed by atoms with Crippen molar-refractivity contribution in [2.45, 2.75) is 32.7 Å². The lowest BCUT2D eigenvalue weighted by Crippen LogP contribution is -2.34. The third-order valence-electron chi connectivity index (χ3n) is 2.35. The summed E-state index contributed by atoms with van der Waals surface area (Å²) in [6.07, 6.45) is 0.758. The Morgan fingerprint density at radius 1 is 1.19 bits per heavy atom. The summed E-state index contributed by atoms with van der Waals surface area (Å²) < 4.78 is 10.7. The second-order valence-electron chi connectivity index (χ2n) is 4.82. The fraction of sp³-hybridized carbons (Fsp3) is 0.538. The summed E-state index contributed by atoms with van der Waals surface area (Å²) in [5, 5.41) is 0. The first-order valence-electron chi connectivity index (χ1n) is 5.38. The van der Waals surface area contributed by atoms with Gasteiger partial charge in [-0.1, -0.05) is 6.07 Å². The summed E-state index contributed by atoms with van der Waals surface area (Å²) in [4.78, 5) is 0. The van der Waals surface area contributed by atoms with E-state index in [4.69, 9.17) is 15.2 Å². The van der Waals surface area contributed by atoms with Crippen LogP contribution in [0.25, 0.3) is 0 Å². The van der Waals surface area contributed by atoms with Crippen LogP contribution in [0.1, 0.15) is 25.0 Å². The molecule has 0 radical (unpaired) electrons. The molecule has 0 aromatic heterocycles. The Morgan fingerprint density at radius 3 is 2.25 bits per heavy atom. The number of benzene rings is 1. The molecular weight excluding hydrogens is 202 g/mol. The fourth-order valence-corrected chi connectivity index (χ4v) is 1.82. The lowest BCUT2D eigenvalue weighted by molar-refractivity contribution is 0.348. The van der Waals surface area contributed by atoms with Crippen LogP contribution < -0.4 is 15.2 Å². The Bertz CT molecular complexity index is 367. The van der Waals surface area contributed by atoms with Crippen molar-refractivity contribution in [2.24, 2.45) is 5.73 Å². The Hall–Kier alpha value is -1.22. The predicted molar refractivity (Wildman–Crippen MR) is 66.3 cm³/mol. The molecule has 90 valence electrons. The SMILES string of the molecule is COc1cc(C)cc(CC(C)(C)N)c1OC. The first-order valence-corrected chi connectivity index (χ1v) is 5.38. The maximum atomic E-state index is 6.04. The third-order valence-corrected chi connectivity index (χ3v) is 2.35. The van der Waals surface area contributed by atoms with Crippen LogP contribution in [0, 0.1) is 6.92 Å². The summed E-state index contributed by atoms with van der Waals surface area (Å²) in [5.74, 6) is 1.55. The zero-order chi connectivity index (χ0) is 12.3. The Morgan fingerprint density at radius 2 is 1.81 bits per heavy atom. The van der Waals surface area contributed by atoms with Crippen molar-refractivity contribution < 1.29 is 9.47 Å². The topological polar surface area (TPSA) is 44.5 Å². The van der Waals surface area contributed by atoms with E-state index in [1.54, 1.807) is 14.2 Å². The number of hydrogen-bond acceptors (Lipinski definition) is 3. The molecule has 0 atom stereocenters. The van der Waals surface area contributed by atoms with Gasteiger partial charge in [0.1, 0.15) is 0 Å². The number of ether oxygens (including phenoxy) is 2. The number of nitrogens with two attached hydrogens (primary N) is 1. The molecule has 0 aliphatic carbocycles. The van der Waals surface area contributed by atoms with Crippen molar-refractivity contribution in [3.05, 3.63) is 23.3 Å². The minimum absolute atomic E-state index is 0.258. The average molecular weight is 223 g/mol. The van der Waals surface area contributed by atoms with Gasteiger partial charge in [0.05, 0.1) is 14.2 Å². The Balaban J connectivity index is 3.20. The zero-order valence-corrected chi connectivity index (χ0v) is 10.8. The van der Waals surface area contributed by atoms with Gasteiger partial charge in [-0.2, -0.15) is 0 Å². The highest BCUT2D eigenvalue weighted by Gasteiger charge is 2.18. The molecule has 0 amide bonds. The summed E-state index contributed by atoms with van der Waals surface area (Å²) in [7, 11) is 3.30. The van der Waals surface area contributed by atoms with E-state index in [-0.39, 0.29) is 5.54 Å². The molecule has 16 heavy (non-hydrogen) atoms. The van der Waals surface area contributed by atoms with E-state index in [0.29, 0.717) is 0 Å². The van der Waals surface area contributed by atoms with Crippen molar-refractivity contribution in [3.63, 3.8) is 0 Å². The molecule has 1 rings (SSSR count). The van der Waals surface area contributed by atoms with Gasteiger partial charge in [-0.05, 0) is 38.8 Å². The van der Waals surface area contributed by atoms with E-state index in [9.17, 15) is 0 Å². The van der Waals surface area contributed by atoms with E-state index < -0.39 is 0 Å². The van der Waals surface area contributed by atoms with Gasteiger partial charge in [-0.15, -0.1) is 0 Å². The summed E-state index contributed by atoms with van der Waals surface area (Å²) in [6.45, 7) is 6.04. The highest BCUT2D eigenvalue weighted by Crippen LogP contribution is 2.34. The van der Waals surface area contributed by atoms with Crippen LogP contribution in [0.15, 0.2) is 12.1 Å². The van der Waals surface area contributed by atoms with Gasteiger partial charge in [-0.25, -0.2) is 0 Å². The molecule has 2 N–H and O–H groups in total. The zero-order valence-electron chi connectivity index (χ0n) is 10.8. The second-order valence-corrected chi connectivity index (χ2v) is 4.82. The highest BCUT2D eigenvalue weighted by molar-refractivity contribution is 5.49. The molecule has 3 nitrogen and oxygen atoms in total. The van der Waals surface area contributed by atoms with Gasteiger partial charge in [0, 0.05) is 11.1 Å². The van der Waals surface area contributed by atoms with Crippen LogP contribution in [0.2, 0.25) is 0 Å². The van der Waals surface area contributed by atoms with Gasteiger partial charge in [0.2, 0.25) is 0 Å². The van der Waals surface area contributed by atoms with Gasteiger partial charge < -0.3 is 15.2 Å². The molecule has 1 aromatic rings. The van der Waals surface area contributed by atoms with Crippen molar-refractivity contribution in [1.82, 2.24) is 0 Å². The van der Waals surface area contributed by atoms with Crippen LogP contribution >= 0.6 is 0 Å². The minimum Gasteiger partial charge on any atom is -0.493 e. The molecule has 0 spiro atoms. The van der Waals surface area contributed by atoms with E-state index in [0.717, 1.165) is 29.0 Å². The molecule has 3 heteroatoms. The maximum absolute atomic E-state index is 6.04. The molecule has 0 bridgehead atoms. The van der Waals surface area contributed by atoms with Gasteiger partial charge in [0.15, 0.2) is 11.5 Å². The number of aryl methyl sites for hydroxylation is 1. The van der Waals surface area contributed by atoms with Crippen molar-refractivity contribution in [1.29, 1.82) is 0 Å². The molecule has 0 aliphatic heterocycles. The highest BCUT2D eigenvalue weighted by atomic mass is 16.5.